The number of rotatable bonds is 9. The van der Waals surface area contributed by atoms with Crippen LogP contribution in [0.4, 0.5) is 0 Å². The van der Waals surface area contributed by atoms with Gasteiger partial charge in [-0.2, -0.15) is 0 Å². The van der Waals surface area contributed by atoms with Gasteiger partial charge in [0.15, 0.2) is 11.4 Å². The maximum Gasteiger partial charge on any atom is 0.231 e. The fourth-order valence-electron chi connectivity index (χ4n) is 3.47. The minimum atomic E-state index is -0.288. The topological polar surface area (TPSA) is 110 Å². The molecule has 1 aromatic carbocycles. The number of ether oxygens (including phenoxy) is 3. The van der Waals surface area contributed by atoms with E-state index in [9.17, 15) is 0 Å². The summed E-state index contributed by atoms with van der Waals surface area (Å²) in [5, 5.41) is 5.33. The highest BCUT2D eigenvalue weighted by atomic mass is 16.5. The summed E-state index contributed by atoms with van der Waals surface area (Å²) < 4.78 is 24.5. The number of hydrogen-bond donors (Lipinski definition) is 1. The number of pyridine rings is 1. The normalized spacial score (nSPS) is 12.3. The molecule has 9 heteroatoms. The van der Waals surface area contributed by atoms with Crippen molar-refractivity contribution in [2.75, 3.05) is 20.3 Å². The zero-order chi connectivity index (χ0) is 22.6. The van der Waals surface area contributed by atoms with E-state index in [-0.39, 0.29) is 12.6 Å². The van der Waals surface area contributed by atoms with E-state index in [0.717, 1.165) is 10.9 Å². The maximum absolute atomic E-state index is 6.14. The molecule has 168 valence electrons. The Morgan fingerprint density at radius 2 is 1.94 bits per heavy atom. The second kappa shape index (κ2) is 9.27. The van der Waals surface area contributed by atoms with Gasteiger partial charge in [-0.3, -0.25) is 0 Å². The second-order valence-electron chi connectivity index (χ2n) is 7.50. The molecule has 0 saturated carbocycles. The van der Waals surface area contributed by atoms with Crippen molar-refractivity contribution in [3.05, 3.63) is 72.6 Å². The summed E-state index contributed by atoms with van der Waals surface area (Å²) in [4.78, 5) is 8.62. The summed E-state index contributed by atoms with van der Waals surface area (Å²) in [6.45, 7) is 1.15. The van der Waals surface area contributed by atoms with Crippen molar-refractivity contribution in [2.45, 2.75) is 12.6 Å². The second-order valence-corrected chi connectivity index (χ2v) is 7.50. The van der Waals surface area contributed by atoms with E-state index in [2.05, 4.69) is 15.1 Å². The lowest BCUT2D eigenvalue weighted by Crippen LogP contribution is -2.33. The average Bonchev–Trinajstić information content (AvgIpc) is 3.47. The lowest BCUT2D eigenvalue weighted by Gasteiger charge is -2.13. The van der Waals surface area contributed by atoms with Crippen LogP contribution in [-0.2, 0) is 11.3 Å². The van der Waals surface area contributed by atoms with Crippen molar-refractivity contribution < 1.29 is 18.6 Å². The van der Waals surface area contributed by atoms with Gasteiger partial charge in [0.2, 0.25) is 11.8 Å². The van der Waals surface area contributed by atoms with Gasteiger partial charge in [0.1, 0.15) is 17.9 Å². The molecule has 0 aliphatic heterocycles. The molecule has 5 rings (SSSR count). The zero-order valence-corrected chi connectivity index (χ0v) is 18.0. The molecule has 9 nitrogen and oxygen atoms in total. The van der Waals surface area contributed by atoms with Crippen molar-refractivity contribution in [1.82, 2.24) is 19.6 Å². The van der Waals surface area contributed by atoms with Crippen LogP contribution in [0.25, 0.3) is 28.1 Å². The lowest BCUT2D eigenvalue weighted by molar-refractivity contribution is 0.0926. The van der Waals surface area contributed by atoms with Crippen LogP contribution in [0.3, 0.4) is 0 Å². The molecule has 0 amide bonds. The summed E-state index contributed by atoms with van der Waals surface area (Å²) in [5.41, 5.74) is 9.26. The molecule has 0 saturated heterocycles. The summed E-state index contributed by atoms with van der Waals surface area (Å²) in [6, 6.07) is 16.9. The highest BCUT2D eigenvalue weighted by Gasteiger charge is 2.16. The number of imidazole rings is 1. The molecule has 0 aliphatic carbocycles. The van der Waals surface area contributed by atoms with Gasteiger partial charge in [0, 0.05) is 18.3 Å². The van der Waals surface area contributed by atoms with E-state index in [4.69, 9.17) is 24.4 Å². The smallest absolute Gasteiger partial charge is 0.231 e. The molecule has 1 atom stereocenters. The molecule has 33 heavy (non-hydrogen) atoms. The van der Waals surface area contributed by atoms with Gasteiger partial charge >= 0.3 is 0 Å². The lowest BCUT2D eigenvalue weighted by atomic mass is 10.2. The molecule has 0 spiro atoms. The average molecular weight is 445 g/mol. The Balaban J connectivity index is 1.27. The first kappa shape index (κ1) is 20.9. The van der Waals surface area contributed by atoms with Crippen LogP contribution in [0.5, 0.6) is 11.8 Å². The van der Waals surface area contributed by atoms with Crippen molar-refractivity contribution >= 4 is 16.6 Å². The van der Waals surface area contributed by atoms with E-state index < -0.39 is 0 Å². The fraction of sp³-hybridized carbons (Fsp3) is 0.208. The van der Waals surface area contributed by atoms with Gasteiger partial charge in [-0.05, 0) is 17.7 Å². The monoisotopic (exact) mass is 445 g/mol. The third-order valence-electron chi connectivity index (χ3n) is 5.08. The first-order chi connectivity index (χ1) is 16.2. The van der Waals surface area contributed by atoms with E-state index in [1.165, 1.54) is 0 Å². The predicted octanol–water partition coefficient (Wildman–Crippen LogP) is 3.47. The summed E-state index contributed by atoms with van der Waals surface area (Å²) in [6.07, 6.45) is 3.34. The molecule has 5 aromatic rings. The molecule has 0 radical (unpaired) electrons. The van der Waals surface area contributed by atoms with Gasteiger partial charge < -0.3 is 24.4 Å². The number of benzene rings is 1. The Kier molecular flexibility index (Phi) is 5.88. The summed E-state index contributed by atoms with van der Waals surface area (Å²) in [7, 11) is 1.57. The maximum atomic E-state index is 6.14. The van der Waals surface area contributed by atoms with Crippen LogP contribution in [0.1, 0.15) is 5.56 Å². The van der Waals surface area contributed by atoms with Crippen molar-refractivity contribution in [2.24, 2.45) is 5.73 Å². The third-order valence-corrected chi connectivity index (χ3v) is 5.08. The van der Waals surface area contributed by atoms with Crippen LogP contribution < -0.4 is 15.2 Å². The van der Waals surface area contributed by atoms with Gasteiger partial charge in [-0.1, -0.05) is 30.3 Å². The van der Waals surface area contributed by atoms with Crippen molar-refractivity contribution in [3.63, 3.8) is 0 Å². The quantitative estimate of drug-likeness (QED) is 0.367. The number of hydrogen-bond acceptors (Lipinski definition) is 8. The highest BCUT2D eigenvalue weighted by molar-refractivity contribution is 5.86. The van der Waals surface area contributed by atoms with Crippen LogP contribution >= 0.6 is 0 Å². The van der Waals surface area contributed by atoms with Crippen LogP contribution in [0, 0.1) is 0 Å². The Morgan fingerprint density at radius 3 is 2.79 bits per heavy atom. The SMILES string of the molecule is COc1nccc2oc(-c3cnc4ccc(OCC(N)COCc5ccccc5)nn34)cc12. The Morgan fingerprint density at radius 1 is 1.06 bits per heavy atom. The Hall–Kier alpha value is -3.95. The number of aromatic nitrogens is 4. The predicted molar refractivity (Wildman–Crippen MR) is 122 cm³/mol. The van der Waals surface area contributed by atoms with Gasteiger partial charge in [0.25, 0.3) is 0 Å². The molecule has 1 unspecified atom stereocenters. The molecule has 0 fully saturated rings. The van der Waals surface area contributed by atoms with Gasteiger partial charge in [-0.15, -0.1) is 5.10 Å². The molecule has 4 aromatic heterocycles. The van der Waals surface area contributed by atoms with E-state index in [1.807, 2.05) is 42.5 Å². The van der Waals surface area contributed by atoms with Crippen LogP contribution in [0.2, 0.25) is 0 Å². The number of nitrogens with zero attached hydrogens (tertiary/aromatic N) is 4. The first-order valence-corrected chi connectivity index (χ1v) is 10.5. The van der Waals surface area contributed by atoms with Gasteiger partial charge in [0.05, 0.1) is 37.9 Å². The molecule has 2 N–H and O–H groups in total. The third kappa shape index (κ3) is 4.50. The van der Waals surface area contributed by atoms with Crippen LogP contribution in [-0.4, -0.2) is 45.9 Å². The molecule has 4 heterocycles. The summed E-state index contributed by atoms with van der Waals surface area (Å²) >= 11 is 0. The van der Waals surface area contributed by atoms with E-state index in [0.29, 0.717) is 47.7 Å². The molecule has 0 bridgehead atoms. The Labute approximate surface area is 189 Å². The van der Waals surface area contributed by atoms with Crippen molar-refractivity contribution in [1.29, 1.82) is 0 Å². The molecule has 0 aliphatic rings. The summed E-state index contributed by atoms with van der Waals surface area (Å²) in [5.74, 6) is 1.52. The number of fused-ring (bicyclic) bond motifs is 2. The van der Waals surface area contributed by atoms with Gasteiger partial charge in [-0.25, -0.2) is 14.5 Å². The standard InChI is InChI=1S/C24H23N5O4/c1-30-24-18-11-21(33-20(18)9-10-26-24)19-12-27-22-7-8-23(28-29(19)22)32-15-17(25)14-31-13-16-5-3-2-4-6-16/h2-12,17H,13-15,25H2,1H3. The number of nitrogens with two attached hydrogens (primary N) is 1. The fourth-order valence-corrected chi connectivity index (χ4v) is 3.47. The molecular formula is C24H23N5O4. The largest absolute Gasteiger partial charge is 0.480 e. The first-order valence-electron chi connectivity index (χ1n) is 10.5. The number of furan rings is 1. The minimum Gasteiger partial charge on any atom is -0.480 e. The van der Waals surface area contributed by atoms with Crippen molar-refractivity contribution in [3.8, 4) is 23.2 Å². The van der Waals surface area contributed by atoms with E-state index >= 15 is 0 Å². The Bertz CT molecular complexity index is 1370. The highest BCUT2D eigenvalue weighted by Crippen LogP contribution is 2.32. The number of methoxy groups -OCH3 is 1. The minimum absolute atomic E-state index is 0.269. The van der Waals surface area contributed by atoms with E-state index in [1.54, 1.807) is 36.2 Å². The van der Waals surface area contributed by atoms with Crippen LogP contribution in [0.15, 0.2) is 71.4 Å². The molecular weight excluding hydrogens is 422 g/mol. The zero-order valence-electron chi connectivity index (χ0n) is 18.0.